The van der Waals surface area contributed by atoms with E-state index in [1.54, 1.807) is 24.3 Å². The zero-order chi connectivity index (χ0) is 16.6. The van der Waals surface area contributed by atoms with E-state index in [4.69, 9.17) is 9.84 Å². The molecule has 0 aliphatic heterocycles. The first kappa shape index (κ1) is 18.2. The third kappa shape index (κ3) is 5.88. The fraction of sp³-hybridized carbons (Fsp3) is 0.556. The molecule has 0 heterocycles. The van der Waals surface area contributed by atoms with Crippen molar-refractivity contribution in [3.63, 3.8) is 0 Å². The van der Waals surface area contributed by atoms with Gasteiger partial charge in [0.25, 0.3) is 0 Å². The van der Waals surface area contributed by atoms with Gasteiger partial charge in [-0.2, -0.15) is 0 Å². The number of carbonyl (C=O) groups excluding carboxylic acids is 1. The van der Waals surface area contributed by atoms with Gasteiger partial charge in [0, 0.05) is 12.0 Å². The monoisotopic (exact) mass is 306 g/mol. The summed E-state index contributed by atoms with van der Waals surface area (Å²) in [5.41, 5.74) is -0.638. The van der Waals surface area contributed by atoms with E-state index >= 15 is 0 Å². The molecule has 0 spiro atoms. The van der Waals surface area contributed by atoms with E-state index in [2.05, 4.69) is 6.92 Å². The van der Waals surface area contributed by atoms with Crippen molar-refractivity contribution in [1.82, 2.24) is 0 Å². The molecule has 0 amide bonds. The number of carbonyl (C=O) groups is 2. The van der Waals surface area contributed by atoms with Crippen LogP contribution in [0.15, 0.2) is 24.3 Å². The van der Waals surface area contributed by atoms with Gasteiger partial charge in [-0.1, -0.05) is 32.6 Å². The average Bonchev–Trinajstić information content (AvgIpc) is 2.47. The summed E-state index contributed by atoms with van der Waals surface area (Å²) in [5.74, 6) is -0.452. The van der Waals surface area contributed by atoms with Gasteiger partial charge in [0.05, 0.1) is 0 Å². The maximum atomic E-state index is 12.0. The first-order chi connectivity index (χ1) is 10.4. The third-order valence-electron chi connectivity index (χ3n) is 3.57. The normalized spacial score (nSPS) is 11.2. The standard InChI is InChI=1S/C18H26O4/c1-4-5-6-7-8-9-16(19)14-10-12-15(13-11-14)22-18(2,3)17(20)21/h10-13H,4-9H2,1-3H3,(H,20,21). The number of rotatable bonds is 10. The minimum atomic E-state index is -1.29. The fourth-order valence-corrected chi connectivity index (χ4v) is 2.08. The van der Waals surface area contributed by atoms with Crippen LogP contribution in [0.1, 0.15) is 69.7 Å². The van der Waals surface area contributed by atoms with Gasteiger partial charge in [-0.3, -0.25) is 4.79 Å². The first-order valence-corrected chi connectivity index (χ1v) is 7.92. The molecule has 0 aliphatic carbocycles. The van der Waals surface area contributed by atoms with E-state index in [0.29, 0.717) is 17.7 Å². The lowest BCUT2D eigenvalue weighted by atomic mass is 10.0. The number of aliphatic carboxylic acids is 1. The van der Waals surface area contributed by atoms with Crippen LogP contribution < -0.4 is 4.74 Å². The van der Waals surface area contributed by atoms with Crippen LogP contribution in [0.5, 0.6) is 5.75 Å². The van der Waals surface area contributed by atoms with Crippen molar-refractivity contribution in [1.29, 1.82) is 0 Å². The van der Waals surface area contributed by atoms with Gasteiger partial charge < -0.3 is 9.84 Å². The molecule has 0 atom stereocenters. The van der Waals surface area contributed by atoms with Crippen LogP contribution in [-0.4, -0.2) is 22.5 Å². The van der Waals surface area contributed by atoms with Crippen molar-refractivity contribution in [2.45, 2.75) is 64.9 Å². The Morgan fingerprint density at radius 2 is 1.64 bits per heavy atom. The first-order valence-electron chi connectivity index (χ1n) is 7.92. The second-order valence-electron chi connectivity index (χ2n) is 6.03. The number of carboxylic acid groups (broad SMARTS) is 1. The van der Waals surface area contributed by atoms with Gasteiger partial charge in [-0.05, 0) is 44.5 Å². The Bertz CT molecular complexity index is 488. The van der Waals surface area contributed by atoms with E-state index in [1.165, 1.54) is 33.1 Å². The minimum absolute atomic E-state index is 0.126. The molecule has 4 nitrogen and oxygen atoms in total. The number of unbranched alkanes of at least 4 members (excludes halogenated alkanes) is 4. The Hall–Kier alpha value is -1.84. The van der Waals surface area contributed by atoms with Gasteiger partial charge in [0.15, 0.2) is 11.4 Å². The van der Waals surface area contributed by atoms with Gasteiger partial charge in [-0.25, -0.2) is 4.79 Å². The third-order valence-corrected chi connectivity index (χ3v) is 3.57. The smallest absolute Gasteiger partial charge is 0.347 e. The zero-order valence-corrected chi connectivity index (χ0v) is 13.7. The van der Waals surface area contributed by atoms with E-state index in [9.17, 15) is 9.59 Å². The summed E-state index contributed by atoms with van der Waals surface area (Å²) in [7, 11) is 0. The summed E-state index contributed by atoms with van der Waals surface area (Å²) in [6.07, 6.45) is 6.17. The predicted octanol–water partition coefficient (Wildman–Crippen LogP) is 4.47. The Morgan fingerprint density at radius 3 is 2.18 bits per heavy atom. The zero-order valence-electron chi connectivity index (χ0n) is 13.7. The quantitative estimate of drug-likeness (QED) is 0.511. The molecule has 1 aromatic rings. The number of ketones is 1. The van der Waals surface area contributed by atoms with E-state index in [-0.39, 0.29) is 5.78 Å². The van der Waals surface area contributed by atoms with Crippen molar-refractivity contribution >= 4 is 11.8 Å². The van der Waals surface area contributed by atoms with E-state index in [1.807, 2.05) is 0 Å². The second kappa shape index (κ2) is 8.57. The van der Waals surface area contributed by atoms with Gasteiger partial charge in [0.1, 0.15) is 5.75 Å². The molecule has 0 unspecified atom stereocenters. The number of hydrogen-bond acceptors (Lipinski definition) is 3. The van der Waals surface area contributed by atoms with Crippen LogP contribution in [0.4, 0.5) is 0 Å². The van der Waals surface area contributed by atoms with Crippen LogP contribution in [0.3, 0.4) is 0 Å². The Morgan fingerprint density at radius 1 is 1.05 bits per heavy atom. The molecular weight excluding hydrogens is 280 g/mol. The van der Waals surface area contributed by atoms with Crippen molar-refractivity contribution in [3.8, 4) is 5.75 Å². The van der Waals surface area contributed by atoms with Gasteiger partial charge >= 0.3 is 5.97 Å². The molecule has 0 saturated carbocycles. The maximum Gasteiger partial charge on any atom is 0.347 e. The molecule has 1 rings (SSSR count). The molecule has 0 aromatic heterocycles. The predicted molar refractivity (Wildman–Crippen MR) is 86.5 cm³/mol. The molecule has 122 valence electrons. The van der Waals surface area contributed by atoms with Gasteiger partial charge in [-0.15, -0.1) is 0 Å². The second-order valence-corrected chi connectivity index (χ2v) is 6.03. The summed E-state index contributed by atoms with van der Waals surface area (Å²) in [4.78, 5) is 23.1. The SMILES string of the molecule is CCCCCCCC(=O)c1ccc(OC(C)(C)C(=O)O)cc1. The molecule has 22 heavy (non-hydrogen) atoms. The van der Waals surface area contributed by atoms with Gasteiger partial charge in [0.2, 0.25) is 0 Å². The lowest BCUT2D eigenvalue weighted by Gasteiger charge is -2.21. The highest BCUT2D eigenvalue weighted by Gasteiger charge is 2.29. The van der Waals surface area contributed by atoms with Crippen LogP contribution in [0, 0.1) is 0 Å². The van der Waals surface area contributed by atoms with Crippen LogP contribution in [-0.2, 0) is 4.79 Å². The van der Waals surface area contributed by atoms with Crippen LogP contribution in [0.2, 0.25) is 0 Å². The summed E-state index contributed by atoms with van der Waals surface area (Å²) in [6, 6.07) is 6.69. The Labute approximate surface area is 132 Å². The molecular formula is C18H26O4. The largest absolute Gasteiger partial charge is 0.478 e. The summed E-state index contributed by atoms with van der Waals surface area (Å²) in [5, 5.41) is 9.02. The number of hydrogen-bond donors (Lipinski definition) is 1. The highest BCUT2D eigenvalue weighted by atomic mass is 16.5. The van der Waals surface area contributed by atoms with Crippen molar-refractivity contribution in [2.24, 2.45) is 0 Å². The topological polar surface area (TPSA) is 63.6 Å². The van der Waals surface area contributed by atoms with Crippen molar-refractivity contribution in [2.75, 3.05) is 0 Å². The number of ether oxygens (including phenoxy) is 1. The van der Waals surface area contributed by atoms with Crippen molar-refractivity contribution < 1.29 is 19.4 Å². The molecule has 0 radical (unpaired) electrons. The molecule has 0 bridgehead atoms. The maximum absolute atomic E-state index is 12.0. The number of Topliss-reactive ketones (excluding diaryl/α,β-unsaturated/α-hetero) is 1. The Kier molecular flexibility index (Phi) is 7.09. The molecule has 4 heteroatoms. The summed E-state index contributed by atoms with van der Waals surface area (Å²) < 4.78 is 5.41. The number of carboxylic acids is 1. The molecule has 0 aliphatic rings. The van der Waals surface area contributed by atoms with E-state index < -0.39 is 11.6 Å². The highest BCUT2D eigenvalue weighted by Crippen LogP contribution is 2.20. The Balaban J connectivity index is 2.50. The molecule has 0 fully saturated rings. The molecule has 0 saturated heterocycles. The highest BCUT2D eigenvalue weighted by molar-refractivity contribution is 5.96. The van der Waals surface area contributed by atoms with Crippen LogP contribution in [0.25, 0.3) is 0 Å². The summed E-state index contributed by atoms with van der Waals surface area (Å²) in [6.45, 7) is 5.15. The number of benzene rings is 1. The van der Waals surface area contributed by atoms with Crippen molar-refractivity contribution in [3.05, 3.63) is 29.8 Å². The lowest BCUT2D eigenvalue weighted by molar-refractivity contribution is -0.152. The molecule has 1 aromatic carbocycles. The summed E-state index contributed by atoms with van der Waals surface area (Å²) >= 11 is 0. The van der Waals surface area contributed by atoms with E-state index in [0.717, 1.165) is 12.8 Å². The fourth-order valence-electron chi connectivity index (χ4n) is 2.08. The minimum Gasteiger partial charge on any atom is -0.478 e. The van der Waals surface area contributed by atoms with Crippen LogP contribution >= 0.6 is 0 Å². The lowest BCUT2D eigenvalue weighted by Crippen LogP contribution is -2.37. The average molecular weight is 306 g/mol. The molecule has 1 N–H and O–H groups in total.